The Labute approximate surface area is 144 Å². The number of aryl methyl sites for hydroxylation is 2. The van der Waals surface area contributed by atoms with Crippen molar-refractivity contribution in [2.75, 3.05) is 6.54 Å². The Morgan fingerprint density at radius 3 is 2.92 bits per heavy atom. The van der Waals surface area contributed by atoms with E-state index in [-0.39, 0.29) is 5.91 Å². The second-order valence-corrected chi connectivity index (χ2v) is 6.39. The smallest absolute Gasteiger partial charge is 0.275 e. The average molecular weight is 339 g/mol. The van der Waals surface area contributed by atoms with Crippen LogP contribution >= 0.6 is 11.7 Å². The van der Waals surface area contributed by atoms with E-state index in [0.29, 0.717) is 18.8 Å². The van der Waals surface area contributed by atoms with Crippen LogP contribution in [0.4, 0.5) is 0 Å². The molecule has 24 heavy (non-hydrogen) atoms. The Morgan fingerprint density at radius 1 is 1.25 bits per heavy atom. The second-order valence-electron chi connectivity index (χ2n) is 5.84. The molecule has 2 aromatic heterocycles. The third-order valence-electron chi connectivity index (χ3n) is 4.34. The number of carbonyl (C=O) groups is 1. The summed E-state index contributed by atoms with van der Waals surface area (Å²) < 4.78 is 10.1. The van der Waals surface area contributed by atoms with Gasteiger partial charge in [0, 0.05) is 25.2 Å². The fourth-order valence-corrected chi connectivity index (χ4v) is 3.46. The SMILES string of the molecule is O=C(c1cnsn1)N1CCc2c(ncn2CCc2ccccc2)C1. The van der Waals surface area contributed by atoms with Crippen molar-refractivity contribution in [3.8, 4) is 0 Å². The molecule has 0 saturated carbocycles. The lowest BCUT2D eigenvalue weighted by atomic mass is 10.1. The van der Waals surface area contributed by atoms with E-state index in [1.165, 1.54) is 17.5 Å². The molecule has 0 fully saturated rings. The van der Waals surface area contributed by atoms with E-state index in [4.69, 9.17) is 0 Å². The van der Waals surface area contributed by atoms with Crippen molar-refractivity contribution in [1.29, 1.82) is 0 Å². The van der Waals surface area contributed by atoms with Gasteiger partial charge in [0.2, 0.25) is 0 Å². The molecule has 0 spiro atoms. The van der Waals surface area contributed by atoms with Crippen molar-refractivity contribution in [3.05, 3.63) is 65.5 Å². The maximum Gasteiger partial charge on any atom is 0.275 e. The number of hydrogen-bond donors (Lipinski definition) is 0. The fraction of sp³-hybridized carbons (Fsp3) is 0.294. The summed E-state index contributed by atoms with van der Waals surface area (Å²) in [6.45, 7) is 2.15. The normalized spacial score (nSPS) is 13.8. The van der Waals surface area contributed by atoms with Crippen LogP contribution in [0.2, 0.25) is 0 Å². The van der Waals surface area contributed by atoms with Crippen molar-refractivity contribution < 1.29 is 4.79 Å². The fourth-order valence-electron chi connectivity index (χ4n) is 3.05. The van der Waals surface area contributed by atoms with Gasteiger partial charge in [-0.15, -0.1) is 0 Å². The van der Waals surface area contributed by atoms with Gasteiger partial charge in [-0.2, -0.15) is 8.75 Å². The minimum atomic E-state index is -0.0618. The Bertz CT molecular complexity index is 828. The zero-order valence-corrected chi connectivity index (χ0v) is 13.9. The summed E-state index contributed by atoms with van der Waals surface area (Å²) in [5.74, 6) is -0.0618. The van der Waals surface area contributed by atoms with Gasteiger partial charge >= 0.3 is 0 Å². The van der Waals surface area contributed by atoms with Gasteiger partial charge in [0.1, 0.15) is 0 Å². The molecular weight excluding hydrogens is 322 g/mol. The van der Waals surface area contributed by atoms with Crippen LogP contribution in [-0.2, 0) is 25.9 Å². The lowest BCUT2D eigenvalue weighted by Crippen LogP contribution is -2.36. The molecule has 7 heteroatoms. The number of amides is 1. The molecule has 0 unspecified atom stereocenters. The van der Waals surface area contributed by atoms with Crippen molar-refractivity contribution >= 4 is 17.6 Å². The van der Waals surface area contributed by atoms with Crippen molar-refractivity contribution in [2.45, 2.75) is 25.9 Å². The van der Waals surface area contributed by atoms with E-state index >= 15 is 0 Å². The first-order valence-corrected chi connectivity index (χ1v) is 8.68. The van der Waals surface area contributed by atoms with Crippen LogP contribution in [0.3, 0.4) is 0 Å². The van der Waals surface area contributed by atoms with Crippen LogP contribution in [0.25, 0.3) is 0 Å². The summed E-state index contributed by atoms with van der Waals surface area (Å²) in [4.78, 5) is 18.7. The predicted molar refractivity (Wildman–Crippen MR) is 90.7 cm³/mol. The van der Waals surface area contributed by atoms with Crippen LogP contribution < -0.4 is 0 Å². The zero-order chi connectivity index (χ0) is 16.4. The highest BCUT2D eigenvalue weighted by atomic mass is 32.1. The van der Waals surface area contributed by atoms with Gasteiger partial charge in [-0.1, -0.05) is 30.3 Å². The molecule has 4 rings (SSSR count). The largest absolute Gasteiger partial charge is 0.334 e. The van der Waals surface area contributed by atoms with Crippen LogP contribution in [0.1, 0.15) is 27.4 Å². The van der Waals surface area contributed by atoms with Gasteiger partial charge < -0.3 is 9.47 Å². The Balaban J connectivity index is 1.44. The van der Waals surface area contributed by atoms with Crippen LogP contribution in [0.5, 0.6) is 0 Å². The number of imidazole rings is 1. The molecule has 1 amide bonds. The molecule has 1 aliphatic heterocycles. The number of hydrogen-bond acceptors (Lipinski definition) is 5. The molecule has 3 aromatic rings. The van der Waals surface area contributed by atoms with E-state index in [9.17, 15) is 4.79 Å². The summed E-state index contributed by atoms with van der Waals surface area (Å²) in [7, 11) is 0. The standard InChI is InChI=1S/C17H17N5OS/c23-17(14-10-19-24-20-14)21-9-7-16-15(11-21)18-12-22(16)8-6-13-4-2-1-3-5-13/h1-5,10,12H,6-9,11H2. The maximum absolute atomic E-state index is 12.4. The minimum absolute atomic E-state index is 0.0618. The predicted octanol–water partition coefficient (Wildman–Crippen LogP) is 2.18. The van der Waals surface area contributed by atoms with Gasteiger partial charge in [0.25, 0.3) is 5.91 Å². The van der Waals surface area contributed by atoms with Gasteiger partial charge in [-0.25, -0.2) is 4.98 Å². The summed E-state index contributed by atoms with van der Waals surface area (Å²) in [5, 5.41) is 0. The maximum atomic E-state index is 12.4. The summed E-state index contributed by atoms with van der Waals surface area (Å²) >= 11 is 1.06. The quantitative estimate of drug-likeness (QED) is 0.731. The molecule has 0 aliphatic carbocycles. The first-order valence-electron chi connectivity index (χ1n) is 7.95. The van der Waals surface area contributed by atoms with Crippen LogP contribution in [-0.4, -0.2) is 35.7 Å². The number of nitrogens with zero attached hydrogens (tertiary/aromatic N) is 5. The van der Waals surface area contributed by atoms with Crippen molar-refractivity contribution in [3.63, 3.8) is 0 Å². The Hall–Kier alpha value is -2.54. The zero-order valence-electron chi connectivity index (χ0n) is 13.1. The highest BCUT2D eigenvalue weighted by Gasteiger charge is 2.26. The summed E-state index contributed by atoms with van der Waals surface area (Å²) in [6.07, 6.45) is 5.23. The summed E-state index contributed by atoms with van der Waals surface area (Å²) in [5.41, 5.74) is 3.98. The summed E-state index contributed by atoms with van der Waals surface area (Å²) in [6, 6.07) is 10.5. The lowest BCUT2D eigenvalue weighted by molar-refractivity contribution is 0.0726. The second kappa shape index (κ2) is 6.52. The third kappa shape index (κ3) is 2.94. The van der Waals surface area contributed by atoms with E-state index < -0.39 is 0 Å². The van der Waals surface area contributed by atoms with Gasteiger partial charge in [0.15, 0.2) is 5.69 Å². The van der Waals surface area contributed by atoms with E-state index in [1.54, 1.807) is 4.90 Å². The van der Waals surface area contributed by atoms with E-state index in [0.717, 1.165) is 36.8 Å². The highest BCUT2D eigenvalue weighted by molar-refractivity contribution is 6.99. The molecule has 0 saturated heterocycles. The van der Waals surface area contributed by atoms with Crippen LogP contribution in [0, 0.1) is 0 Å². The van der Waals surface area contributed by atoms with Gasteiger partial charge in [-0.05, 0) is 12.0 Å². The van der Waals surface area contributed by atoms with Crippen LogP contribution in [0.15, 0.2) is 42.9 Å². The number of rotatable bonds is 4. The molecule has 122 valence electrons. The molecule has 0 N–H and O–H groups in total. The molecule has 1 aliphatic rings. The molecule has 3 heterocycles. The highest BCUT2D eigenvalue weighted by Crippen LogP contribution is 2.20. The molecule has 6 nitrogen and oxygen atoms in total. The number of aromatic nitrogens is 4. The molecule has 0 bridgehead atoms. The van der Waals surface area contributed by atoms with E-state index in [2.05, 4.69) is 42.6 Å². The minimum Gasteiger partial charge on any atom is -0.334 e. The first kappa shape index (κ1) is 15.0. The van der Waals surface area contributed by atoms with Crippen molar-refractivity contribution in [1.82, 2.24) is 23.2 Å². The monoisotopic (exact) mass is 339 g/mol. The molecule has 0 atom stereocenters. The number of carbonyl (C=O) groups excluding carboxylic acids is 1. The Kier molecular flexibility index (Phi) is 4.08. The lowest BCUT2D eigenvalue weighted by Gasteiger charge is -2.26. The molecular formula is C17H17N5OS. The van der Waals surface area contributed by atoms with Gasteiger partial charge in [0.05, 0.1) is 36.5 Å². The van der Waals surface area contributed by atoms with E-state index in [1.807, 2.05) is 12.4 Å². The number of fused-ring (bicyclic) bond motifs is 1. The van der Waals surface area contributed by atoms with Crippen molar-refractivity contribution in [2.24, 2.45) is 0 Å². The Morgan fingerprint density at radius 2 is 2.12 bits per heavy atom. The molecule has 1 aromatic carbocycles. The average Bonchev–Trinajstić information content (AvgIpc) is 3.30. The molecule has 0 radical (unpaired) electrons. The topological polar surface area (TPSA) is 63.9 Å². The first-order chi connectivity index (χ1) is 11.8. The van der Waals surface area contributed by atoms with Gasteiger partial charge in [-0.3, -0.25) is 4.79 Å². The third-order valence-corrected chi connectivity index (χ3v) is 4.82. The number of benzene rings is 1.